The molecule has 21 heavy (non-hydrogen) atoms. The van der Waals surface area contributed by atoms with Gasteiger partial charge in [0.25, 0.3) is 0 Å². The van der Waals surface area contributed by atoms with Gasteiger partial charge in [-0.1, -0.05) is 48.5 Å². The lowest BCUT2D eigenvalue weighted by Crippen LogP contribution is -2.01. The summed E-state index contributed by atoms with van der Waals surface area (Å²) in [4.78, 5) is 20.1. The van der Waals surface area contributed by atoms with Crippen LogP contribution in [0.4, 0.5) is 0 Å². The van der Waals surface area contributed by atoms with Crippen molar-refractivity contribution in [2.75, 3.05) is 0 Å². The lowest BCUT2D eigenvalue weighted by molar-refractivity contribution is 0.103. The van der Waals surface area contributed by atoms with E-state index in [1.165, 1.54) is 0 Å². The smallest absolute Gasteiger partial charge is 0.194 e. The molecule has 2 aromatic carbocycles. The van der Waals surface area contributed by atoms with Crippen LogP contribution in [0.1, 0.15) is 15.9 Å². The lowest BCUT2D eigenvalue weighted by atomic mass is 10.0. The van der Waals surface area contributed by atoms with Crippen LogP contribution in [0.3, 0.4) is 0 Å². The number of carbonyl (C=O) groups excluding carboxylic acids is 1. The summed E-state index contributed by atoms with van der Waals surface area (Å²) in [5.41, 5.74) is 3.13. The second-order valence-electron chi connectivity index (χ2n) is 4.99. The van der Waals surface area contributed by atoms with E-state index >= 15 is 0 Å². The first-order valence-corrected chi connectivity index (χ1v) is 6.79. The Morgan fingerprint density at radius 3 is 2.48 bits per heavy atom. The SMILES string of the molecule is O=C(c1ccccc1)c1cnc2[nH]c3ccccc3c2c1. The van der Waals surface area contributed by atoms with Gasteiger partial charge in [0, 0.05) is 33.6 Å². The van der Waals surface area contributed by atoms with Crippen LogP contribution in [0.2, 0.25) is 0 Å². The molecule has 0 fully saturated rings. The standard InChI is InChI=1S/C18H12N2O/c21-17(12-6-2-1-3-7-12)13-10-15-14-8-4-5-9-16(14)20-18(15)19-11-13/h1-11H,(H,19,20). The molecule has 1 N–H and O–H groups in total. The molecule has 0 bridgehead atoms. The number of H-pyrrole nitrogens is 1. The molecule has 4 rings (SSSR count). The summed E-state index contributed by atoms with van der Waals surface area (Å²) in [5.74, 6) is -0.00437. The highest BCUT2D eigenvalue weighted by atomic mass is 16.1. The van der Waals surface area contributed by atoms with Crippen LogP contribution in [0.25, 0.3) is 21.9 Å². The zero-order valence-corrected chi connectivity index (χ0v) is 11.2. The van der Waals surface area contributed by atoms with Crippen LogP contribution in [0.15, 0.2) is 66.9 Å². The Morgan fingerprint density at radius 2 is 1.62 bits per heavy atom. The van der Waals surface area contributed by atoms with Gasteiger partial charge in [-0.25, -0.2) is 4.98 Å². The van der Waals surface area contributed by atoms with E-state index in [2.05, 4.69) is 9.97 Å². The molecule has 0 amide bonds. The van der Waals surface area contributed by atoms with Crippen molar-refractivity contribution in [2.45, 2.75) is 0 Å². The summed E-state index contributed by atoms with van der Waals surface area (Å²) in [5, 5.41) is 2.06. The molecule has 0 aliphatic rings. The number of aromatic amines is 1. The largest absolute Gasteiger partial charge is 0.339 e. The number of carbonyl (C=O) groups is 1. The maximum atomic E-state index is 12.5. The van der Waals surface area contributed by atoms with Crippen LogP contribution in [0, 0.1) is 0 Å². The Morgan fingerprint density at radius 1 is 0.857 bits per heavy atom. The molecule has 0 spiro atoms. The second-order valence-corrected chi connectivity index (χ2v) is 4.99. The Bertz CT molecular complexity index is 955. The molecular formula is C18H12N2O. The number of fused-ring (bicyclic) bond motifs is 3. The highest BCUT2D eigenvalue weighted by Crippen LogP contribution is 2.25. The fourth-order valence-electron chi connectivity index (χ4n) is 2.60. The number of ketones is 1. The molecule has 2 heterocycles. The highest BCUT2D eigenvalue weighted by molar-refractivity contribution is 6.13. The Balaban J connectivity index is 1.90. The Hall–Kier alpha value is -2.94. The number of nitrogens with one attached hydrogen (secondary N) is 1. The van der Waals surface area contributed by atoms with Gasteiger partial charge >= 0.3 is 0 Å². The van der Waals surface area contributed by atoms with E-state index in [4.69, 9.17) is 0 Å². The molecule has 0 aliphatic heterocycles. The number of para-hydroxylation sites is 1. The van der Waals surface area contributed by atoms with Crippen molar-refractivity contribution in [1.82, 2.24) is 9.97 Å². The molecule has 0 radical (unpaired) electrons. The van der Waals surface area contributed by atoms with Crippen LogP contribution in [-0.4, -0.2) is 15.8 Å². The number of rotatable bonds is 2. The van der Waals surface area contributed by atoms with Crippen molar-refractivity contribution in [3.8, 4) is 0 Å². The predicted octanol–water partition coefficient (Wildman–Crippen LogP) is 3.95. The van der Waals surface area contributed by atoms with Gasteiger partial charge in [-0.15, -0.1) is 0 Å². The zero-order valence-electron chi connectivity index (χ0n) is 11.2. The van der Waals surface area contributed by atoms with E-state index in [9.17, 15) is 4.79 Å². The molecule has 2 aromatic heterocycles. The molecule has 3 heteroatoms. The molecule has 100 valence electrons. The third kappa shape index (κ3) is 1.91. The number of hydrogen-bond donors (Lipinski definition) is 1. The number of nitrogens with zero attached hydrogens (tertiary/aromatic N) is 1. The first kappa shape index (κ1) is 11.9. The molecular weight excluding hydrogens is 260 g/mol. The van der Waals surface area contributed by atoms with Crippen LogP contribution in [0.5, 0.6) is 0 Å². The maximum absolute atomic E-state index is 12.5. The summed E-state index contributed by atoms with van der Waals surface area (Å²) < 4.78 is 0. The number of hydrogen-bond acceptors (Lipinski definition) is 2. The van der Waals surface area contributed by atoms with Crippen molar-refractivity contribution in [2.24, 2.45) is 0 Å². The summed E-state index contributed by atoms with van der Waals surface area (Å²) in [7, 11) is 0. The minimum absolute atomic E-state index is 0.00437. The summed E-state index contributed by atoms with van der Waals surface area (Å²) in [6.07, 6.45) is 1.63. The van der Waals surface area contributed by atoms with Gasteiger partial charge in [-0.2, -0.15) is 0 Å². The predicted molar refractivity (Wildman–Crippen MR) is 83.5 cm³/mol. The topological polar surface area (TPSA) is 45.8 Å². The zero-order chi connectivity index (χ0) is 14.2. The third-order valence-corrected chi connectivity index (χ3v) is 3.66. The molecule has 3 nitrogen and oxygen atoms in total. The molecule has 4 aromatic rings. The molecule has 0 aliphatic carbocycles. The van der Waals surface area contributed by atoms with Crippen molar-refractivity contribution in [1.29, 1.82) is 0 Å². The van der Waals surface area contributed by atoms with Gasteiger partial charge in [0.15, 0.2) is 5.78 Å². The summed E-state index contributed by atoms with van der Waals surface area (Å²) in [6, 6.07) is 19.2. The van der Waals surface area contributed by atoms with Crippen molar-refractivity contribution < 1.29 is 4.79 Å². The first-order valence-electron chi connectivity index (χ1n) is 6.79. The fourth-order valence-corrected chi connectivity index (χ4v) is 2.60. The molecule has 0 saturated heterocycles. The van der Waals surface area contributed by atoms with Crippen molar-refractivity contribution >= 4 is 27.7 Å². The molecule has 0 atom stereocenters. The lowest BCUT2D eigenvalue weighted by Gasteiger charge is -2.01. The van der Waals surface area contributed by atoms with Crippen molar-refractivity contribution in [3.63, 3.8) is 0 Å². The van der Waals surface area contributed by atoms with E-state index in [1.807, 2.05) is 60.7 Å². The van der Waals surface area contributed by atoms with E-state index in [1.54, 1.807) is 6.20 Å². The third-order valence-electron chi connectivity index (χ3n) is 3.66. The minimum atomic E-state index is -0.00437. The van der Waals surface area contributed by atoms with E-state index < -0.39 is 0 Å². The highest BCUT2D eigenvalue weighted by Gasteiger charge is 2.12. The summed E-state index contributed by atoms with van der Waals surface area (Å²) in [6.45, 7) is 0. The van der Waals surface area contributed by atoms with Crippen LogP contribution >= 0.6 is 0 Å². The van der Waals surface area contributed by atoms with Gasteiger partial charge in [0.2, 0.25) is 0 Å². The van der Waals surface area contributed by atoms with Crippen LogP contribution in [-0.2, 0) is 0 Å². The van der Waals surface area contributed by atoms with Crippen molar-refractivity contribution in [3.05, 3.63) is 78.0 Å². The van der Waals surface area contributed by atoms with Gasteiger partial charge in [-0.05, 0) is 12.1 Å². The normalized spacial score (nSPS) is 11.0. The van der Waals surface area contributed by atoms with E-state index in [0.29, 0.717) is 11.1 Å². The molecule has 0 saturated carbocycles. The number of aromatic nitrogens is 2. The monoisotopic (exact) mass is 272 g/mol. The first-order chi connectivity index (χ1) is 10.3. The summed E-state index contributed by atoms with van der Waals surface area (Å²) >= 11 is 0. The maximum Gasteiger partial charge on any atom is 0.194 e. The minimum Gasteiger partial charge on any atom is -0.339 e. The average Bonchev–Trinajstić information content (AvgIpc) is 2.93. The second kappa shape index (κ2) is 4.56. The van der Waals surface area contributed by atoms with Gasteiger partial charge < -0.3 is 4.98 Å². The average molecular weight is 272 g/mol. The van der Waals surface area contributed by atoms with Crippen LogP contribution < -0.4 is 0 Å². The van der Waals surface area contributed by atoms with Gasteiger partial charge in [0.1, 0.15) is 5.65 Å². The number of benzene rings is 2. The number of pyridine rings is 1. The van der Waals surface area contributed by atoms with E-state index in [-0.39, 0.29) is 5.78 Å². The van der Waals surface area contributed by atoms with Gasteiger partial charge in [0.05, 0.1) is 0 Å². The van der Waals surface area contributed by atoms with E-state index in [0.717, 1.165) is 21.9 Å². The van der Waals surface area contributed by atoms with Gasteiger partial charge in [-0.3, -0.25) is 4.79 Å². The Labute approximate surface area is 121 Å². The Kier molecular flexibility index (Phi) is 2.57. The quantitative estimate of drug-likeness (QED) is 0.562. The fraction of sp³-hybridized carbons (Fsp3) is 0. The molecule has 0 unspecified atom stereocenters.